The van der Waals surface area contributed by atoms with Crippen LogP contribution in [0.3, 0.4) is 0 Å². The van der Waals surface area contributed by atoms with Crippen LogP contribution in [0.25, 0.3) is 0 Å². The molecule has 0 aliphatic heterocycles. The molecule has 0 aliphatic rings. The van der Waals surface area contributed by atoms with Gasteiger partial charge in [-0.25, -0.2) is 0 Å². The Morgan fingerprint density at radius 1 is 1.29 bits per heavy atom. The Kier molecular flexibility index (Phi) is 3.55. The smallest absolute Gasteiger partial charge is 0.239 e. The summed E-state index contributed by atoms with van der Waals surface area (Å²) in [6.45, 7) is 4.84. The number of hydrogen-bond donors (Lipinski definition) is 1. The van der Waals surface area contributed by atoms with Gasteiger partial charge >= 0.3 is 0 Å². The first-order chi connectivity index (χ1) is 8.28. The summed E-state index contributed by atoms with van der Waals surface area (Å²) in [7, 11) is 0. The molecule has 1 aromatic carbocycles. The molecule has 0 radical (unpaired) electrons. The van der Waals surface area contributed by atoms with E-state index in [1.54, 1.807) is 12.4 Å². The third-order valence-electron chi connectivity index (χ3n) is 2.18. The molecule has 88 valence electrons. The number of ether oxygens (including phenoxy) is 1. The molecule has 0 aliphatic carbocycles. The lowest BCUT2D eigenvalue weighted by molar-refractivity contribution is 0.460. The molecule has 4 heteroatoms. The molecule has 1 heterocycles. The van der Waals surface area contributed by atoms with Crippen LogP contribution >= 0.6 is 0 Å². The Morgan fingerprint density at radius 3 is 2.94 bits per heavy atom. The first-order valence-corrected chi connectivity index (χ1v) is 5.58. The number of benzene rings is 1. The standard InChI is InChI=1S/C13H15N3O/c1-3-15-12-8-14-9-13(16-12)17-11-6-4-5-10(2)7-11/h4-9H,3H2,1-2H3,(H,15,16). The molecule has 0 spiro atoms. The number of aromatic nitrogens is 2. The molecule has 0 saturated heterocycles. The molecule has 2 aromatic rings. The van der Waals surface area contributed by atoms with Crippen LogP contribution in [0.4, 0.5) is 5.82 Å². The second kappa shape index (κ2) is 5.30. The van der Waals surface area contributed by atoms with Gasteiger partial charge in [-0.15, -0.1) is 0 Å². The summed E-state index contributed by atoms with van der Waals surface area (Å²) in [4.78, 5) is 8.36. The lowest BCUT2D eigenvalue weighted by Gasteiger charge is -2.07. The summed E-state index contributed by atoms with van der Waals surface area (Å²) in [5, 5.41) is 3.09. The largest absolute Gasteiger partial charge is 0.437 e. The van der Waals surface area contributed by atoms with Crippen LogP contribution in [-0.2, 0) is 0 Å². The van der Waals surface area contributed by atoms with Gasteiger partial charge < -0.3 is 10.1 Å². The van der Waals surface area contributed by atoms with E-state index in [2.05, 4.69) is 15.3 Å². The highest BCUT2D eigenvalue weighted by atomic mass is 16.5. The molecule has 0 bridgehead atoms. The third kappa shape index (κ3) is 3.17. The molecule has 17 heavy (non-hydrogen) atoms. The lowest BCUT2D eigenvalue weighted by Crippen LogP contribution is -2.00. The van der Waals surface area contributed by atoms with Crippen molar-refractivity contribution in [3.05, 3.63) is 42.2 Å². The van der Waals surface area contributed by atoms with E-state index in [0.29, 0.717) is 5.88 Å². The van der Waals surface area contributed by atoms with Gasteiger partial charge in [-0.1, -0.05) is 12.1 Å². The maximum Gasteiger partial charge on any atom is 0.239 e. The maximum absolute atomic E-state index is 5.63. The van der Waals surface area contributed by atoms with Crippen LogP contribution in [0.15, 0.2) is 36.7 Å². The molecule has 2 rings (SSSR count). The summed E-state index contributed by atoms with van der Waals surface area (Å²) in [5.41, 5.74) is 1.15. The first kappa shape index (κ1) is 11.4. The Morgan fingerprint density at radius 2 is 2.18 bits per heavy atom. The molecule has 1 aromatic heterocycles. The Hall–Kier alpha value is -2.10. The van der Waals surface area contributed by atoms with Crippen molar-refractivity contribution in [1.82, 2.24) is 9.97 Å². The van der Waals surface area contributed by atoms with Crippen molar-refractivity contribution in [3.8, 4) is 11.6 Å². The van der Waals surface area contributed by atoms with Gasteiger partial charge in [-0.2, -0.15) is 4.98 Å². The highest BCUT2D eigenvalue weighted by Gasteiger charge is 2.01. The fourth-order valence-corrected chi connectivity index (χ4v) is 1.46. The Balaban J connectivity index is 2.15. The van der Waals surface area contributed by atoms with Gasteiger partial charge in [0, 0.05) is 6.54 Å². The average Bonchev–Trinajstić information content (AvgIpc) is 2.30. The minimum atomic E-state index is 0.494. The Bertz CT molecular complexity index is 500. The van der Waals surface area contributed by atoms with Gasteiger partial charge in [0.2, 0.25) is 5.88 Å². The molecule has 0 atom stereocenters. The molecule has 0 amide bonds. The molecule has 1 N–H and O–H groups in total. The highest BCUT2D eigenvalue weighted by Crippen LogP contribution is 2.20. The topological polar surface area (TPSA) is 47.0 Å². The molecule has 0 saturated carbocycles. The Labute approximate surface area is 101 Å². The van der Waals surface area contributed by atoms with Crippen LogP contribution in [-0.4, -0.2) is 16.5 Å². The van der Waals surface area contributed by atoms with Gasteiger partial charge in [0.15, 0.2) is 0 Å². The zero-order chi connectivity index (χ0) is 12.1. The van der Waals surface area contributed by atoms with Gasteiger partial charge in [-0.05, 0) is 31.5 Å². The number of nitrogens with zero attached hydrogens (tertiary/aromatic N) is 2. The summed E-state index contributed by atoms with van der Waals surface area (Å²) in [6.07, 6.45) is 3.27. The predicted octanol–water partition coefficient (Wildman–Crippen LogP) is 3.01. The number of rotatable bonds is 4. The van der Waals surface area contributed by atoms with Crippen molar-refractivity contribution < 1.29 is 4.74 Å². The summed E-state index contributed by atoms with van der Waals surface area (Å²) < 4.78 is 5.63. The van der Waals surface area contributed by atoms with Gasteiger partial charge in [0.25, 0.3) is 0 Å². The lowest BCUT2D eigenvalue weighted by atomic mass is 10.2. The van der Waals surface area contributed by atoms with E-state index < -0.39 is 0 Å². The van der Waals surface area contributed by atoms with E-state index in [4.69, 9.17) is 4.74 Å². The van der Waals surface area contributed by atoms with Crippen molar-refractivity contribution in [2.45, 2.75) is 13.8 Å². The van der Waals surface area contributed by atoms with E-state index in [1.165, 1.54) is 0 Å². The summed E-state index contributed by atoms with van der Waals surface area (Å²) in [6, 6.07) is 7.83. The number of nitrogens with one attached hydrogen (secondary N) is 1. The minimum Gasteiger partial charge on any atom is -0.437 e. The molecule has 4 nitrogen and oxygen atoms in total. The van der Waals surface area contributed by atoms with Crippen LogP contribution in [0.1, 0.15) is 12.5 Å². The minimum absolute atomic E-state index is 0.494. The summed E-state index contributed by atoms with van der Waals surface area (Å²) >= 11 is 0. The summed E-state index contributed by atoms with van der Waals surface area (Å²) in [5.74, 6) is 1.99. The van der Waals surface area contributed by atoms with Crippen molar-refractivity contribution in [3.63, 3.8) is 0 Å². The van der Waals surface area contributed by atoms with Crippen molar-refractivity contribution in [1.29, 1.82) is 0 Å². The predicted molar refractivity (Wildman–Crippen MR) is 67.4 cm³/mol. The van der Waals surface area contributed by atoms with Crippen molar-refractivity contribution in [2.75, 3.05) is 11.9 Å². The van der Waals surface area contributed by atoms with E-state index in [1.807, 2.05) is 38.1 Å². The fourth-order valence-electron chi connectivity index (χ4n) is 1.46. The van der Waals surface area contributed by atoms with Crippen LogP contribution < -0.4 is 10.1 Å². The number of hydrogen-bond acceptors (Lipinski definition) is 4. The fraction of sp³-hybridized carbons (Fsp3) is 0.231. The normalized spacial score (nSPS) is 10.0. The van der Waals surface area contributed by atoms with Crippen molar-refractivity contribution >= 4 is 5.82 Å². The number of anilines is 1. The highest BCUT2D eigenvalue weighted by molar-refractivity contribution is 5.35. The molecule has 0 fully saturated rings. The third-order valence-corrected chi connectivity index (χ3v) is 2.18. The SMILES string of the molecule is CCNc1cncc(Oc2cccc(C)c2)n1. The van der Waals surface area contributed by atoms with E-state index in [0.717, 1.165) is 23.7 Å². The molecule has 0 unspecified atom stereocenters. The van der Waals surface area contributed by atoms with Gasteiger partial charge in [0.1, 0.15) is 11.6 Å². The van der Waals surface area contributed by atoms with Gasteiger partial charge in [0.05, 0.1) is 12.4 Å². The number of aryl methyl sites for hydroxylation is 1. The maximum atomic E-state index is 5.63. The second-order valence-corrected chi connectivity index (χ2v) is 3.69. The van der Waals surface area contributed by atoms with Crippen LogP contribution in [0.2, 0.25) is 0 Å². The van der Waals surface area contributed by atoms with E-state index in [9.17, 15) is 0 Å². The van der Waals surface area contributed by atoms with Crippen LogP contribution in [0.5, 0.6) is 11.6 Å². The van der Waals surface area contributed by atoms with E-state index in [-0.39, 0.29) is 0 Å². The van der Waals surface area contributed by atoms with E-state index >= 15 is 0 Å². The first-order valence-electron chi connectivity index (χ1n) is 5.58. The monoisotopic (exact) mass is 229 g/mol. The molecular weight excluding hydrogens is 214 g/mol. The van der Waals surface area contributed by atoms with Crippen LogP contribution in [0, 0.1) is 6.92 Å². The zero-order valence-corrected chi connectivity index (χ0v) is 9.97. The van der Waals surface area contributed by atoms with Crippen molar-refractivity contribution in [2.24, 2.45) is 0 Å². The average molecular weight is 229 g/mol. The molecular formula is C13H15N3O. The zero-order valence-electron chi connectivity index (χ0n) is 9.97. The van der Waals surface area contributed by atoms with Gasteiger partial charge in [-0.3, -0.25) is 4.98 Å². The second-order valence-electron chi connectivity index (χ2n) is 3.69. The quantitative estimate of drug-likeness (QED) is 0.875.